The summed E-state index contributed by atoms with van der Waals surface area (Å²) < 4.78 is 1.90. The van der Waals surface area contributed by atoms with Gasteiger partial charge in [-0.3, -0.25) is 4.79 Å². The molecular formula is C14H16N4O. The molecule has 19 heavy (non-hydrogen) atoms. The highest BCUT2D eigenvalue weighted by Crippen LogP contribution is 2.22. The second kappa shape index (κ2) is 4.76. The molecule has 98 valence electrons. The average Bonchev–Trinajstić information content (AvgIpc) is 3.03. The number of aromatic nitrogens is 2. The van der Waals surface area contributed by atoms with Gasteiger partial charge in [-0.05, 0) is 30.2 Å². The minimum absolute atomic E-state index is 0.0577. The van der Waals surface area contributed by atoms with Gasteiger partial charge in [0, 0.05) is 37.2 Å². The molecule has 2 aromatic rings. The molecule has 0 saturated carbocycles. The highest BCUT2D eigenvalue weighted by molar-refractivity contribution is 5.95. The van der Waals surface area contributed by atoms with E-state index >= 15 is 0 Å². The van der Waals surface area contributed by atoms with Crippen molar-refractivity contribution in [2.24, 2.45) is 7.05 Å². The van der Waals surface area contributed by atoms with Crippen LogP contribution in [0.15, 0.2) is 30.6 Å². The maximum absolute atomic E-state index is 12.1. The Balaban J connectivity index is 1.69. The van der Waals surface area contributed by atoms with E-state index in [1.165, 1.54) is 5.56 Å². The number of amides is 1. The summed E-state index contributed by atoms with van der Waals surface area (Å²) >= 11 is 0. The molecule has 0 unspecified atom stereocenters. The highest BCUT2D eigenvalue weighted by atomic mass is 16.1. The standard InChI is InChI=1S/C14H16N4O/c1-18-7-6-16-13(18)9-17-14(19)11-2-3-12-10(8-11)4-5-15-12/h2-3,6-8,15H,4-5,9H2,1H3,(H,17,19). The first-order valence-electron chi connectivity index (χ1n) is 6.35. The summed E-state index contributed by atoms with van der Waals surface area (Å²) in [6.45, 7) is 1.39. The van der Waals surface area contributed by atoms with Gasteiger partial charge in [-0.15, -0.1) is 0 Å². The molecule has 0 radical (unpaired) electrons. The number of anilines is 1. The number of nitrogens with zero attached hydrogens (tertiary/aromatic N) is 2. The third kappa shape index (κ3) is 2.31. The van der Waals surface area contributed by atoms with Crippen LogP contribution in [0.2, 0.25) is 0 Å². The van der Waals surface area contributed by atoms with Crippen molar-refractivity contribution in [3.05, 3.63) is 47.5 Å². The second-order valence-corrected chi connectivity index (χ2v) is 4.69. The summed E-state index contributed by atoms with van der Waals surface area (Å²) in [7, 11) is 1.91. The van der Waals surface area contributed by atoms with Crippen molar-refractivity contribution in [1.29, 1.82) is 0 Å². The van der Waals surface area contributed by atoms with Crippen LogP contribution in [0.25, 0.3) is 0 Å². The van der Waals surface area contributed by atoms with Crippen molar-refractivity contribution < 1.29 is 4.79 Å². The van der Waals surface area contributed by atoms with E-state index in [0.29, 0.717) is 12.1 Å². The summed E-state index contributed by atoms with van der Waals surface area (Å²) in [6, 6.07) is 5.78. The number of imidazole rings is 1. The smallest absolute Gasteiger partial charge is 0.251 e. The van der Waals surface area contributed by atoms with E-state index in [2.05, 4.69) is 15.6 Å². The predicted molar refractivity (Wildman–Crippen MR) is 73.0 cm³/mol. The third-order valence-electron chi connectivity index (χ3n) is 3.41. The molecule has 5 nitrogen and oxygen atoms in total. The molecule has 1 amide bonds. The van der Waals surface area contributed by atoms with Gasteiger partial charge in [0.1, 0.15) is 5.82 Å². The first-order chi connectivity index (χ1) is 9.24. The minimum Gasteiger partial charge on any atom is -0.384 e. The Morgan fingerprint density at radius 3 is 3.21 bits per heavy atom. The molecule has 0 fully saturated rings. The molecule has 2 heterocycles. The van der Waals surface area contributed by atoms with Crippen LogP contribution < -0.4 is 10.6 Å². The van der Waals surface area contributed by atoms with Gasteiger partial charge in [-0.2, -0.15) is 0 Å². The topological polar surface area (TPSA) is 59.0 Å². The minimum atomic E-state index is -0.0577. The third-order valence-corrected chi connectivity index (χ3v) is 3.41. The number of carbonyl (C=O) groups excluding carboxylic acids is 1. The van der Waals surface area contributed by atoms with Crippen LogP contribution in [0.1, 0.15) is 21.7 Å². The fourth-order valence-corrected chi connectivity index (χ4v) is 2.27. The number of carbonyl (C=O) groups is 1. The summed E-state index contributed by atoms with van der Waals surface area (Å²) in [6.07, 6.45) is 4.57. The van der Waals surface area contributed by atoms with Crippen molar-refractivity contribution in [2.45, 2.75) is 13.0 Å². The van der Waals surface area contributed by atoms with Gasteiger partial charge >= 0.3 is 0 Å². The second-order valence-electron chi connectivity index (χ2n) is 4.69. The molecule has 0 aliphatic carbocycles. The van der Waals surface area contributed by atoms with E-state index in [1.54, 1.807) is 6.20 Å². The van der Waals surface area contributed by atoms with Crippen molar-refractivity contribution in [3.63, 3.8) is 0 Å². The molecule has 0 saturated heterocycles. The Labute approximate surface area is 111 Å². The van der Waals surface area contributed by atoms with Gasteiger partial charge in [-0.1, -0.05) is 0 Å². The van der Waals surface area contributed by atoms with Crippen LogP contribution >= 0.6 is 0 Å². The fraction of sp³-hybridized carbons (Fsp3) is 0.286. The number of hydrogen-bond donors (Lipinski definition) is 2. The van der Waals surface area contributed by atoms with Crippen LogP contribution in [0.5, 0.6) is 0 Å². The van der Waals surface area contributed by atoms with Crippen LogP contribution in [-0.2, 0) is 20.0 Å². The van der Waals surface area contributed by atoms with E-state index in [4.69, 9.17) is 0 Å². The molecule has 2 N–H and O–H groups in total. The van der Waals surface area contributed by atoms with E-state index < -0.39 is 0 Å². The summed E-state index contributed by atoms with van der Waals surface area (Å²) in [4.78, 5) is 16.3. The number of nitrogens with one attached hydrogen (secondary N) is 2. The first-order valence-corrected chi connectivity index (χ1v) is 6.35. The lowest BCUT2D eigenvalue weighted by Crippen LogP contribution is -2.24. The summed E-state index contributed by atoms with van der Waals surface area (Å²) in [5.74, 6) is 0.786. The summed E-state index contributed by atoms with van der Waals surface area (Å²) in [5.41, 5.74) is 3.06. The molecule has 0 spiro atoms. The Kier molecular flexibility index (Phi) is 2.95. The lowest BCUT2D eigenvalue weighted by molar-refractivity contribution is 0.0949. The Hall–Kier alpha value is -2.30. The van der Waals surface area contributed by atoms with Gasteiger partial charge in [0.05, 0.1) is 6.54 Å². The van der Waals surface area contributed by atoms with E-state index in [0.717, 1.165) is 24.5 Å². The van der Waals surface area contributed by atoms with Crippen molar-refractivity contribution in [2.75, 3.05) is 11.9 Å². The van der Waals surface area contributed by atoms with Gasteiger partial charge in [0.15, 0.2) is 0 Å². The number of rotatable bonds is 3. The molecule has 1 aliphatic rings. The van der Waals surface area contributed by atoms with Gasteiger partial charge in [0.2, 0.25) is 0 Å². The normalized spacial score (nSPS) is 12.9. The number of hydrogen-bond acceptors (Lipinski definition) is 3. The van der Waals surface area contributed by atoms with Crippen molar-refractivity contribution in [3.8, 4) is 0 Å². The average molecular weight is 256 g/mol. The molecular weight excluding hydrogens is 240 g/mol. The van der Waals surface area contributed by atoms with Crippen molar-refractivity contribution in [1.82, 2.24) is 14.9 Å². The molecule has 5 heteroatoms. The zero-order valence-corrected chi connectivity index (χ0v) is 10.8. The SMILES string of the molecule is Cn1ccnc1CNC(=O)c1ccc2c(c1)CCN2. The van der Waals surface area contributed by atoms with Gasteiger partial charge in [0.25, 0.3) is 5.91 Å². The number of fused-ring (bicyclic) bond motifs is 1. The molecule has 0 bridgehead atoms. The van der Waals surface area contributed by atoms with Crippen molar-refractivity contribution >= 4 is 11.6 Å². The predicted octanol–water partition coefficient (Wildman–Crippen LogP) is 1.32. The maximum atomic E-state index is 12.1. The van der Waals surface area contributed by atoms with Gasteiger partial charge in [-0.25, -0.2) is 4.98 Å². The molecule has 1 aliphatic heterocycles. The van der Waals surface area contributed by atoms with Crippen LogP contribution in [-0.4, -0.2) is 22.0 Å². The Morgan fingerprint density at radius 1 is 1.53 bits per heavy atom. The van der Waals surface area contributed by atoms with Crippen LogP contribution in [0, 0.1) is 0 Å². The number of aryl methyl sites for hydroxylation is 1. The van der Waals surface area contributed by atoms with E-state index in [-0.39, 0.29) is 5.91 Å². The molecule has 3 rings (SSSR count). The molecule has 0 atom stereocenters. The van der Waals surface area contributed by atoms with Gasteiger partial charge < -0.3 is 15.2 Å². The Morgan fingerprint density at radius 2 is 2.42 bits per heavy atom. The quantitative estimate of drug-likeness (QED) is 0.870. The van der Waals surface area contributed by atoms with Crippen LogP contribution in [0.3, 0.4) is 0 Å². The fourth-order valence-electron chi connectivity index (χ4n) is 2.27. The zero-order chi connectivity index (χ0) is 13.2. The van der Waals surface area contributed by atoms with Crippen LogP contribution in [0.4, 0.5) is 5.69 Å². The number of benzene rings is 1. The summed E-state index contributed by atoms with van der Waals surface area (Å²) in [5, 5.41) is 6.17. The Bertz CT molecular complexity index is 618. The first kappa shape index (κ1) is 11.8. The van der Waals surface area contributed by atoms with E-state index in [9.17, 15) is 4.79 Å². The van der Waals surface area contributed by atoms with E-state index in [1.807, 2.05) is 36.0 Å². The lowest BCUT2D eigenvalue weighted by Gasteiger charge is -2.07. The highest BCUT2D eigenvalue weighted by Gasteiger charge is 2.13. The molecule has 1 aromatic heterocycles. The monoisotopic (exact) mass is 256 g/mol. The largest absolute Gasteiger partial charge is 0.384 e. The maximum Gasteiger partial charge on any atom is 0.251 e. The molecule has 1 aromatic carbocycles. The lowest BCUT2D eigenvalue weighted by atomic mass is 10.1. The zero-order valence-electron chi connectivity index (χ0n) is 10.8.